The van der Waals surface area contributed by atoms with Gasteiger partial charge in [-0.05, 0) is 69.1 Å². The second kappa shape index (κ2) is 8.87. The Kier molecular flexibility index (Phi) is 7.13. The SMILES string of the molecule is C/C=C/[C@H]1CC[C@H](CCC2CCC(COC)CC2)CC1. The van der Waals surface area contributed by atoms with Crippen molar-refractivity contribution in [3.8, 4) is 0 Å². The molecule has 0 radical (unpaired) electrons. The van der Waals surface area contributed by atoms with E-state index < -0.39 is 0 Å². The van der Waals surface area contributed by atoms with Gasteiger partial charge in [0.25, 0.3) is 0 Å². The fourth-order valence-corrected chi connectivity index (χ4v) is 4.34. The van der Waals surface area contributed by atoms with E-state index in [-0.39, 0.29) is 0 Å². The lowest BCUT2D eigenvalue weighted by Crippen LogP contribution is -2.19. The number of hydrogen-bond acceptors (Lipinski definition) is 1. The predicted molar refractivity (Wildman–Crippen MR) is 86.8 cm³/mol. The fraction of sp³-hybridized carbons (Fsp3) is 0.895. The molecule has 0 aromatic carbocycles. The molecule has 2 rings (SSSR count). The maximum atomic E-state index is 5.30. The highest BCUT2D eigenvalue weighted by Gasteiger charge is 2.23. The third-order valence-corrected chi connectivity index (χ3v) is 5.71. The van der Waals surface area contributed by atoms with Crippen LogP contribution in [0, 0.1) is 23.7 Å². The molecule has 0 saturated heterocycles. The molecule has 0 spiro atoms. The van der Waals surface area contributed by atoms with Gasteiger partial charge in [-0.3, -0.25) is 0 Å². The second-order valence-electron chi connectivity index (χ2n) is 7.23. The minimum atomic E-state index is 0.854. The van der Waals surface area contributed by atoms with Crippen molar-refractivity contribution < 1.29 is 4.74 Å². The summed E-state index contributed by atoms with van der Waals surface area (Å²) in [5.74, 6) is 3.80. The molecular weight excluding hydrogens is 244 g/mol. The first-order valence-corrected chi connectivity index (χ1v) is 8.93. The number of allylic oxidation sites excluding steroid dienone is 2. The standard InChI is InChI=1S/C19H34O/c1-3-4-16-5-7-17(8-6-16)9-10-18-11-13-19(14-12-18)15-20-2/h3-4,16-19H,5-15H2,1-2H3/b4-3+/t16-,17-,18?,19?. The molecule has 0 aromatic heterocycles. The normalized spacial score (nSPS) is 35.5. The smallest absolute Gasteiger partial charge is 0.0490 e. The van der Waals surface area contributed by atoms with Gasteiger partial charge in [-0.15, -0.1) is 0 Å². The van der Waals surface area contributed by atoms with E-state index in [1.54, 1.807) is 0 Å². The largest absolute Gasteiger partial charge is 0.384 e. The van der Waals surface area contributed by atoms with E-state index in [2.05, 4.69) is 19.1 Å². The third kappa shape index (κ3) is 5.24. The maximum Gasteiger partial charge on any atom is 0.0490 e. The lowest BCUT2D eigenvalue weighted by Gasteiger charge is -2.31. The molecule has 1 nitrogen and oxygen atoms in total. The van der Waals surface area contributed by atoms with Crippen LogP contribution in [0.2, 0.25) is 0 Å². The van der Waals surface area contributed by atoms with Crippen LogP contribution < -0.4 is 0 Å². The van der Waals surface area contributed by atoms with Gasteiger partial charge in [-0.25, -0.2) is 0 Å². The Labute approximate surface area is 126 Å². The Balaban J connectivity index is 1.58. The zero-order valence-electron chi connectivity index (χ0n) is 13.7. The molecule has 0 atom stereocenters. The Bertz CT molecular complexity index is 267. The van der Waals surface area contributed by atoms with Gasteiger partial charge in [0, 0.05) is 13.7 Å². The Morgan fingerprint density at radius 1 is 0.800 bits per heavy atom. The molecule has 20 heavy (non-hydrogen) atoms. The van der Waals surface area contributed by atoms with Gasteiger partial charge < -0.3 is 4.74 Å². The molecule has 0 bridgehead atoms. The van der Waals surface area contributed by atoms with E-state index >= 15 is 0 Å². The van der Waals surface area contributed by atoms with E-state index in [1.165, 1.54) is 64.2 Å². The molecular formula is C19H34O. The molecule has 2 saturated carbocycles. The lowest BCUT2D eigenvalue weighted by atomic mass is 9.75. The van der Waals surface area contributed by atoms with E-state index in [0.29, 0.717) is 0 Å². The van der Waals surface area contributed by atoms with Crippen molar-refractivity contribution in [1.82, 2.24) is 0 Å². The first-order chi connectivity index (χ1) is 9.81. The number of methoxy groups -OCH3 is 1. The summed E-state index contributed by atoms with van der Waals surface area (Å²) in [5.41, 5.74) is 0. The summed E-state index contributed by atoms with van der Waals surface area (Å²) >= 11 is 0. The Morgan fingerprint density at radius 3 is 1.80 bits per heavy atom. The van der Waals surface area contributed by atoms with Crippen molar-refractivity contribution in [3.63, 3.8) is 0 Å². The van der Waals surface area contributed by atoms with E-state index in [4.69, 9.17) is 4.74 Å². The van der Waals surface area contributed by atoms with Crippen LogP contribution in [-0.2, 0) is 4.74 Å². The molecule has 2 aliphatic carbocycles. The molecule has 0 heterocycles. The molecule has 0 amide bonds. The first kappa shape index (κ1) is 16.1. The van der Waals surface area contributed by atoms with Gasteiger partial charge >= 0.3 is 0 Å². The van der Waals surface area contributed by atoms with Crippen molar-refractivity contribution in [1.29, 1.82) is 0 Å². The van der Waals surface area contributed by atoms with E-state index in [1.807, 2.05) is 7.11 Å². The topological polar surface area (TPSA) is 9.23 Å². The second-order valence-corrected chi connectivity index (χ2v) is 7.23. The summed E-state index contributed by atoms with van der Waals surface area (Å²) in [7, 11) is 1.84. The molecule has 0 N–H and O–H groups in total. The Morgan fingerprint density at radius 2 is 1.30 bits per heavy atom. The lowest BCUT2D eigenvalue weighted by molar-refractivity contribution is 0.115. The van der Waals surface area contributed by atoms with Gasteiger partial charge in [-0.1, -0.05) is 37.8 Å². The summed E-state index contributed by atoms with van der Waals surface area (Å²) in [6.45, 7) is 3.15. The van der Waals surface area contributed by atoms with Crippen LogP contribution in [0.25, 0.3) is 0 Å². The number of hydrogen-bond donors (Lipinski definition) is 0. The van der Waals surface area contributed by atoms with Gasteiger partial charge in [-0.2, -0.15) is 0 Å². The monoisotopic (exact) mass is 278 g/mol. The summed E-state index contributed by atoms with van der Waals surface area (Å²) in [5, 5.41) is 0. The first-order valence-electron chi connectivity index (χ1n) is 8.93. The van der Waals surface area contributed by atoms with Crippen LogP contribution in [0.5, 0.6) is 0 Å². The van der Waals surface area contributed by atoms with Crippen molar-refractivity contribution in [3.05, 3.63) is 12.2 Å². The molecule has 0 unspecified atom stereocenters. The highest BCUT2D eigenvalue weighted by molar-refractivity contribution is 4.89. The zero-order valence-corrected chi connectivity index (χ0v) is 13.7. The number of ether oxygens (including phenoxy) is 1. The van der Waals surface area contributed by atoms with Crippen molar-refractivity contribution >= 4 is 0 Å². The summed E-state index contributed by atoms with van der Waals surface area (Å²) in [4.78, 5) is 0. The molecule has 1 heteroatoms. The van der Waals surface area contributed by atoms with Crippen molar-refractivity contribution in [2.75, 3.05) is 13.7 Å². The molecule has 116 valence electrons. The van der Waals surface area contributed by atoms with Crippen molar-refractivity contribution in [2.24, 2.45) is 23.7 Å². The minimum Gasteiger partial charge on any atom is -0.384 e. The molecule has 0 aromatic rings. The third-order valence-electron chi connectivity index (χ3n) is 5.71. The minimum absolute atomic E-state index is 0.854. The van der Waals surface area contributed by atoms with Crippen LogP contribution in [0.15, 0.2) is 12.2 Å². The summed E-state index contributed by atoms with van der Waals surface area (Å²) < 4.78 is 5.30. The van der Waals surface area contributed by atoms with Gasteiger partial charge in [0.05, 0.1) is 0 Å². The molecule has 0 aliphatic heterocycles. The van der Waals surface area contributed by atoms with Gasteiger partial charge in [0.2, 0.25) is 0 Å². The highest BCUT2D eigenvalue weighted by Crippen LogP contribution is 2.36. The predicted octanol–water partition coefficient (Wildman–Crippen LogP) is 5.60. The zero-order chi connectivity index (χ0) is 14.2. The van der Waals surface area contributed by atoms with Crippen molar-refractivity contribution in [2.45, 2.75) is 71.1 Å². The molecule has 2 fully saturated rings. The van der Waals surface area contributed by atoms with E-state index in [0.717, 1.165) is 30.3 Å². The fourth-order valence-electron chi connectivity index (χ4n) is 4.34. The average Bonchev–Trinajstić information content (AvgIpc) is 2.49. The highest BCUT2D eigenvalue weighted by atomic mass is 16.5. The van der Waals surface area contributed by atoms with Crippen LogP contribution in [0.4, 0.5) is 0 Å². The molecule has 2 aliphatic rings. The van der Waals surface area contributed by atoms with E-state index in [9.17, 15) is 0 Å². The van der Waals surface area contributed by atoms with Crippen LogP contribution in [-0.4, -0.2) is 13.7 Å². The summed E-state index contributed by atoms with van der Waals surface area (Å²) in [6, 6.07) is 0. The van der Waals surface area contributed by atoms with Crippen LogP contribution in [0.1, 0.15) is 71.1 Å². The van der Waals surface area contributed by atoms with Crippen LogP contribution >= 0.6 is 0 Å². The number of rotatable bonds is 6. The average molecular weight is 278 g/mol. The Hall–Kier alpha value is -0.300. The summed E-state index contributed by atoms with van der Waals surface area (Å²) in [6.07, 6.45) is 19.2. The van der Waals surface area contributed by atoms with Gasteiger partial charge in [0.1, 0.15) is 0 Å². The van der Waals surface area contributed by atoms with Crippen LogP contribution in [0.3, 0.4) is 0 Å². The van der Waals surface area contributed by atoms with Gasteiger partial charge in [0.15, 0.2) is 0 Å². The quantitative estimate of drug-likeness (QED) is 0.574. The maximum absolute atomic E-state index is 5.30.